The molecule has 0 bridgehead atoms. The van der Waals surface area contributed by atoms with Crippen LogP contribution in [0.3, 0.4) is 0 Å². The van der Waals surface area contributed by atoms with Gasteiger partial charge in [0.05, 0.1) is 4.92 Å². The van der Waals surface area contributed by atoms with E-state index in [1.54, 1.807) is 25.1 Å². The maximum absolute atomic E-state index is 11.2. The van der Waals surface area contributed by atoms with E-state index in [1.807, 2.05) is 6.07 Å². The van der Waals surface area contributed by atoms with Crippen LogP contribution in [0.1, 0.15) is 34.1 Å². The third-order valence-corrected chi connectivity index (χ3v) is 3.60. The van der Waals surface area contributed by atoms with Gasteiger partial charge >= 0.3 is 5.69 Å². The molecule has 2 aromatic rings. The Morgan fingerprint density at radius 2 is 1.76 bits per heavy atom. The quantitative estimate of drug-likeness (QED) is 0.443. The molecule has 0 saturated carbocycles. The highest BCUT2D eigenvalue weighted by Gasteiger charge is 2.15. The lowest BCUT2D eigenvalue weighted by molar-refractivity contribution is -0.385. The normalized spacial score (nSPS) is 9.72. The summed E-state index contributed by atoms with van der Waals surface area (Å²) in [5.74, 6) is -0.873. The second kappa shape index (κ2) is 9.65. The number of nitro benzene ring substituents is 1. The third kappa shape index (κ3) is 6.09. The van der Waals surface area contributed by atoms with E-state index in [1.165, 1.54) is 6.07 Å². The maximum atomic E-state index is 11.2. The van der Waals surface area contributed by atoms with Crippen molar-refractivity contribution in [3.8, 4) is 5.75 Å². The van der Waals surface area contributed by atoms with Crippen LogP contribution in [0.25, 0.3) is 0 Å². The lowest BCUT2D eigenvalue weighted by Gasteiger charge is -1.99. The standard InChI is InChI=1S/C9H9NO4.C8H7BrO2/c1-2-8(11)6-3-4-9(12)7(5-6)10(13)14;9-7-3-1-2-6(4-7)8(11)5-10/h3-5,12H,2H2,1H3;1-4,10H,5H2. The average Bonchev–Trinajstić information content (AvgIpc) is 2.61. The topological polar surface area (TPSA) is 118 Å². The Morgan fingerprint density at radius 3 is 2.28 bits per heavy atom. The summed E-state index contributed by atoms with van der Waals surface area (Å²) in [7, 11) is 0. The fraction of sp³-hybridized carbons (Fsp3) is 0.176. The summed E-state index contributed by atoms with van der Waals surface area (Å²) in [5, 5.41) is 28.0. The molecule has 25 heavy (non-hydrogen) atoms. The Hall–Kier alpha value is -2.58. The molecule has 0 unspecified atom stereocenters. The van der Waals surface area contributed by atoms with Crippen LogP contribution in [0.15, 0.2) is 46.9 Å². The zero-order chi connectivity index (χ0) is 19.0. The Labute approximate surface area is 152 Å². The number of ketones is 2. The van der Waals surface area contributed by atoms with Crippen molar-refractivity contribution in [3.05, 3.63) is 68.2 Å². The first-order valence-corrected chi connectivity index (χ1v) is 7.99. The summed E-state index contributed by atoms with van der Waals surface area (Å²) >= 11 is 3.23. The Morgan fingerprint density at radius 1 is 1.12 bits per heavy atom. The van der Waals surface area contributed by atoms with Gasteiger partial charge in [0, 0.05) is 28.1 Å². The van der Waals surface area contributed by atoms with Crippen LogP contribution in [-0.4, -0.2) is 33.3 Å². The molecule has 0 aromatic heterocycles. The van der Waals surface area contributed by atoms with Crippen LogP contribution < -0.4 is 0 Å². The van der Waals surface area contributed by atoms with Gasteiger partial charge in [0.15, 0.2) is 17.3 Å². The minimum Gasteiger partial charge on any atom is -0.502 e. The van der Waals surface area contributed by atoms with Crippen molar-refractivity contribution in [1.29, 1.82) is 0 Å². The first-order valence-electron chi connectivity index (χ1n) is 7.20. The number of hydrogen-bond donors (Lipinski definition) is 2. The monoisotopic (exact) mass is 409 g/mol. The van der Waals surface area contributed by atoms with Crippen molar-refractivity contribution in [2.24, 2.45) is 0 Å². The summed E-state index contributed by atoms with van der Waals surface area (Å²) in [6, 6.07) is 10.5. The van der Waals surface area contributed by atoms with E-state index in [0.717, 1.165) is 16.6 Å². The van der Waals surface area contributed by atoms with Crippen molar-refractivity contribution < 1.29 is 24.7 Å². The van der Waals surface area contributed by atoms with Gasteiger partial charge in [0.2, 0.25) is 0 Å². The number of benzene rings is 2. The van der Waals surface area contributed by atoms with E-state index < -0.39 is 23.0 Å². The van der Waals surface area contributed by atoms with E-state index >= 15 is 0 Å². The highest BCUT2D eigenvalue weighted by molar-refractivity contribution is 9.10. The van der Waals surface area contributed by atoms with Crippen molar-refractivity contribution in [2.45, 2.75) is 13.3 Å². The number of aliphatic hydroxyl groups is 1. The van der Waals surface area contributed by atoms with Crippen LogP contribution in [0.2, 0.25) is 0 Å². The number of phenols is 1. The zero-order valence-corrected chi connectivity index (χ0v) is 14.9. The van der Waals surface area contributed by atoms with Crippen molar-refractivity contribution in [1.82, 2.24) is 0 Å². The number of aliphatic hydroxyl groups excluding tert-OH is 1. The maximum Gasteiger partial charge on any atom is 0.311 e. The molecule has 0 amide bonds. The van der Waals surface area contributed by atoms with Crippen LogP contribution in [0.5, 0.6) is 5.75 Å². The number of halogens is 1. The molecule has 8 heteroatoms. The molecule has 0 aliphatic rings. The number of carbonyl (C=O) groups excluding carboxylic acids is 2. The lowest BCUT2D eigenvalue weighted by atomic mass is 10.1. The molecule has 0 spiro atoms. The highest BCUT2D eigenvalue weighted by atomic mass is 79.9. The molecule has 2 rings (SSSR count). The molecule has 0 heterocycles. The van der Waals surface area contributed by atoms with E-state index in [-0.39, 0.29) is 23.6 Å². The van der Waals surface area contributed by atoms with E-state index in [4.69, 9.17) is 10.2 Å². The summed E-state index contributed by atoms with van der Waals surface area (Å²) in [5.41, 5.74) is 0.336. The number of nitrogens with zero attached hydrogens (tertiary/aromatic N) is 1. The van der Waals surface area contributed by atoms with Gasteiger partial charge in [0.25, 0.3) is 0 Å². The molecule has 0 aliphatic carbocycles. The molecule has 7 nitrogen and oxygen atoms in total. The minimum absolute atomic E-state index is 0.187. The Kier molecular flexibility index (Phi) is 7.90. The van der Waals surface area contributed by atoms with Gasteiger partial charge in [-0.15, -0.1) is 0 Å². The second-order valence-corrected chi connectivity index (χ2v) is 5.74. The second-order valence-electron chi connectivity index (χ2n) is 4.83. The number of carbonyl (C=O) groups is 2. The van der Waals surface area contributed by atoms with E-state index in [0.29, 0.717) is 5.56 Å². The highest BCUT2D eigenvalue weighted by Crippen LogP contribution is 2.26. The van der Waals surface area contributed by atoms with Gasteiger partial charge in [-0.2, -0.15) is 0 Å². The summed E-state index contributed by atoms with van der Waals surface area (Å²) in [6.07, 6.45) is 0.280. The zero-order valence-electron chi connectivity index (χ0n) is 13.3. The summed E-state index contributed by atoms with van der Waals surface area (Å²) < 4.78 is 0.844. The number of nitro groups is 1. The number of aromatic hydroxyl groups is 1. The first-order chi connectivity index (χ1) is 11.8. The van der Waals surface area contributed by atoms with Crippen molar-refractivity contribution in [3.63, 3.8) is 0 Å². The molecule has 0 aliphatic heterocycles. The SMILES string of the molecule is CCC(=O)c1ccc(O)c([N+](=O)[O-])c1.O=C(CO)c1cccc(Br)c1. The molecular weight excluding hydrogens is 394 g/mol. The molecule has 0 fully saturated rings. The third-order valence-electron chi connectivity index (χ3n) is 3.11. The van der Waals surface area contributed by atoms with Crippen molar-refractivity contribution in [2.75, 3.05) is 6.61 Å². The number of phenolic OH excluding ortho intramolecular Hbond substituents is 1. The molecule has 2 N–H and O–H groups in total. The van der Waals surface area contributed by atoms with Crippen LogP contribution in [0.4, 0.5) is 5.69 Å². The smallest absolute Gasteiger partial charge is 0.311 e. The fourth-order valence-corrected chi connectivity index (χ4v) is 2.20. The lowest BCUT2D eigenvalue weighted by Crippen LogP contribution is -2.03. The molecule has 0 atom stereocenters. The van der Waals surface area contributed by atoms with Gasteiger partial charge in [-0.05, 0) is 24.3 Å². The fourth-order valence-electron chi connectivity index (χ4n) is 1.80. The van der Waals surface area contributed by atoms with Gasteiger partial charge in [0.1, 0.15) is 6.61 Å². The Bertz CT molecular complexity index is 790. The molecular formula is C17H16BrNO6. The molecule has 0 saturated heterocycles. The van der Waals surface area contributed by atoms with Gasteiger partial charge < -0.3 is 10.2 Å². The van der Waals surface area contributed by atoms with Gasteiger partial charge in [-0.3, -0.25) is 19.7 Å². The van der Waals surface area contributed by atoms with Gasteiger partial charge in [-0.25, -0.2) is 0 Å². The summed E-state index contributed by atoms with van der Waals surface area (Å²) in [6.45, 7) is 1.23. The minimum atomic E-state index is -0.720. The largest absolute Gasteiger partial charge is 0.502 e. The average molecular weight is 410 g/mol. The Balaban J connectivity index is 0.000000257. The number of Topliss-reactive ketones (excluding diaryl/α,β-unsaturated/α-hetero) is 2. The predicted octanol–water partition coefficient (Wildman–Crippen LogP) is 3.52. The number of hydrogen-bond acceptors (Lipinski definition) is 6. The van der Waals surface area contributed by atoms with Crippen molar-refractivity contribution >= 4 is 33.2 Å². The van der Waals surface area contributed by atoms with E-state index in [2.05, 4.69) is 15.9 Å². The van der Waals surface area contributed by atoms with Gasteiger partial charge in [-0.1, -0.05) is 35.0 Å². The first kappa shape index (κ1) is 20.5. The van der Waals surface area contributed by atoms with E-state index in [9.17, 15) is 19.7 Å². The van der Waals surface area contributed by atoms with Crippen LogP contribution in [0, 0.1) is 10.1 Å². The van der Waals surface area contributed by atoms with Crippen LogP contribution >= 0.6 is 15.9 Å². The summed E-state index contributed by atoms with van der Waals surface area (Å²) in [4.78, 5) is 31.8. The molecule has 2 aromatic carbocycles. The molecule has 132 valence electrons. The molecule has 0 radical (unpaired) electrons. The number of rotatable bonds is 5. The van der Waals surface area contributed by atoms with Crippen LogP contribution in [-0.2, 0) is 0 Å². The predicted molar refractivity (Wildman–Crippen MR) is 94.9 cm³/mol.